The normalized spacial score (nSPS) is 16.8. The summed E-state index contributed by atoms with van der Waals surface area (Å²) in [5, 5.41) is 0. The number of nitrogens with zero attached hydrogens (tertiary/aromatic N) is 2. The Morgan fingerprint density at radius 2 is 1.82 bits per heavy atom. The summed E-state index contributed by atoms with van der Waals surface area (Å²) in [6.07, 6.45) is 7.85. The molecular formula is C14H28N2W. The van der Waals surface area contributed by atoms with E-state index in [2.05, 4.69) is 23.4 Å². The molecule has 0 aromatic carbocycles. The van der Waals surface area contributed by atoms with E-state index in [-0.39, 0.29) is 21.1 Å². The summed E-state index contributed by atoms with van der Waals surface area (Å²) >= 11 is 0. The fourth-order valence-corrected chi connectivity index (χ4v) is 2.11. The van der Waals surface area contributed by atoms with Crippen LogP contribution in [0.1, 0.15) is 66.1 Å². The predicted octanol–water partition coefficient (Wildman–Crippen LogP) is 4.47. The van der Waals surface area contributed by atoms with Crippen molar-refractivity contribution in [2.75, 3.05) is 0 Å². The monoisotopic (exact) mass is 408 g/mol. The molecule has 0 aliphatic carbocycles. The van der Waals surface area contributed by atoms with Gasteiger partial charge in [-0.15, -0.1) is 0 Å². The molecule has 0 bridgehead atoms. The van der Waals surface area contributed by atoms with Crippen LogP contribution in [0.25, 0.3) is 0 Å². The molecule has 2 rings (SSSR count). The van der Waals surface area contributed by atoms with Gasteiger partial charge in [-0.2, -0.15) is 0 Å². The molecule has 1 aromatic rings. The fourth-order valence-electron chi connectivity index (χ4n) is 2.11. The van der Waals surface area contributed by atoms with Crippen LogP contribution in [0.5, 0.6) is 0 Å². The van der Waals surface area contributed by atoms with Gasteiger partial charge in [0.25, 0.3) is 0 Å². The molecule has 0 saturated heterocycles. The summed E-state index contributed by atoms with van der Waals surface area (Å²) in [7, 11) is 0. The first kappa shape index (κ1) is 19.2. The number of rotatable bonds is 1. The van der Waals surface area contributed by atoms with Gasteiger partial charge in [0, 0.05) is 39.0 Å². The minimum absolute atomic E-state index is 0. The molecule has 1 aromatic heterocycles. The van der Waals surface area contributed by atoms with Gasteiger partial charge in [0.2, 0.25) is 0 Å². The second-order valence-electron chi connectivity index (χ2n) is 4.00. The van der Waals surface area contributed by atoms with Gasteiger partial charge in [-0.3, -0.25) is 0 Å². The van der Waals surface area contributed by atoms with Crippen molar-refractivity contribution in [3.63, 3.8) is 0 Å². The Morgan fingerprint density at radius 3 is 2.35 bits per heavy atom. The van der Waals surface area contributed by atoms with Crippen LogP contribution >= 0.6 is 0 Å². The third-order valence-electron chi connectivity index (χ3n) is 2.81. The molecule has 1 aliphatic rings. The first-order valence-corrected chi connectivity index (χ1v) is 6.79. The molecule has 0 amide bonds. The van der Waals surface area contributed by atoms with E-state index in [1.165, 1.54) is 25.0 Å². The first-order chi connectivity index (χ1) is 7.79. The predicted molar refractivity (Wildman–Crippen MR) is 71.7 cm³/mol. The maximum Gasteiger partial charge on any atom is 0.0950 e. The van der Waals surface area contributed by atoms with Gasteiger partial charge in [-0.1, -0.05) is 41.5 Å². The number of aromatic nitrogens is 2. The Balaban J connectivity index is 0. The quantitative estimate of drug-likeness (QED) is 0.671. The molecular weight excluding hydrogens is 380 g/mol. The smallest absolute Gasteiger partial charge is 0.0950 e. The molecule has 0 radical (unpaired) electrons. The standard InChI is InChI=1S/C10H16N2.2C2H6.W/c1-8(2)10-5-3-4-9-6-11-7-12(9)10;2*1-2;/h6-8,10H,3-5H2,1-2H3;2*1-2H3;. The van der Waals surface area contributed by atoms with Crippen molar-refractivity contribution in [3.05, 3.63) is 18.2 Å². The summed E-state index contributed by atoms with van der Waals surface area (Å²) in [6, 6.07) is 0.691. The molecule has 0 spiro atoms. The van der Waals surface area contributed by atoms with Gasteiger partial charge in [0.15, 0.2) is 0 Å². The average Bonchev–Trinajstić information content (AvgIpc) is 2.81. The van der Waals surface area contributed by atoms with Gasteiger partial charge in [-0.25, -0.2) is 4.98 Å². The van der Waals surface area contributed by atoms with Crippen molar-refractivity contribution in [1.82, 2.24) is 9.55 Å². The van der Waals surface area contributed by atoms with Crippen molar-refractivity contribution < 1.29 is 21.1 Å². The maximum atomic E-state index is 4.20. The van der Waals surface area contributed by atoms with E-state index in [9.17, 15) is 0 Å². The van der Waals surface area contributed by atoms with Crippen LogP contribution < -0.4 is 0 Å². The Bertz CT molecular complexity index is 269. The zero-order chi connectivity index (χ0) is 12.6. The van der Waals surface area contributed by atoms with Crippen molar-refractivity contribution in [2.45, 2.75) is 66.8 Å². The Hall–Kier alpha value is -0.102. The van der Waals surface area contributed by atoms with Crippen LogP contribution in [0.15, 0.2) is 12.5 Å². The molecule has 2 heterocycles. The van der Waals surface area contributed by atoms with E-state index in [1.54, 1.807) is 0 Å². The molecule has 0 saturated carbocycles. The second kappa shape index (κ2) is 11.0. The second-order valence-corrected chi connectivity index (χ2v) is 4.00. The summed E-state index contributed by atoms with van der Waals surface area (Å²) in [5.41, 5.74) is 1.42. The zero-order valence-corrected chi connectivity index (χ0v) is 15.2. The summed E-state index contributed by atoms with van der Waals surface area (Å²) < 4.78 is 2.36. The SMILES string of the molecule is CC.CC.CC(C)C1CCCc2cncn21.[W]. The number of fused-ring (bicyclic) bond motifs is 1. The first-order valence-electron chi connectivity index (χ1n) is 6.79. The topological polar surface area (TPSA) is 17.8 Å². The third-order valence-corrected chi connectivity index (χ3v) is 2.81. The van der Waals surface area contributed by atoms with Crippen molar-refractivity contribution >= 4 is 0 Å². The van der Waals surface area contributed by atoms with E-state index in [0.29, 0.717) is 6.04 Å². The number of aryl methyl sites for hydroxylation is 1. The van der Waals surface area contributed by atoms with Crippen LogP contribution in [0.2, 0.25) is 0 Å². The van der Waals surface area contributed by atoms with Crippen LogP contribution in [-0.4, -0.2) is 9.55 Å². The van der Waals surface area contributed by atoms with Crippen molar-refractivity contribution in [2.24, 2.45) is 5.92 Å². The molecule has 1 aliphatic heterocycles. The third kappa shape index (κ3) is 5.38. The summed E-state index contributed by atoms with van der Waals surface area (Å²) in [4.78, 5) is 4.20. The summed E-state index contributed by atoms with van der Waals surface area (Å²) in [5.74, 6) is 0.734. The van der Waals surface area contributed by atoms with Gasteiger partial charge in [-0.05, 0) is 25.2 Å². The van der Waals surface area contributed by atoms with Gasteiger partial charge < -0.3 is 4.57 Å². The molecule has 2 nitrogen and oxygen atoms in total. The molecule has 1 atom stereocenters. The van der Waals surface area contributed by atoms with Crippen LogP contribution in [0.3, 0.4) is 0 Å². The van der Waals surface area contributed by atoms with Crippen molar-refractivity contribution in [3.8, 4) is 0 Å². The molecule has 1 unspecified atom stereocenters. The number of hydrogen-bond acceptors (Lipinski definition) is 1. The molecule has 0 N–H and O–H groups in total. The molecule has 100 valence electrons. The Morgan fingerprint density at radius 1 is 1.24 bits per heavy atom. The minimum Gasteiger partial charge on any atom is -0.331 e. The fraction of sp³-hybridized carbons (Fsp3) is 0.786. The number of imidazole rings is 1. The van der Waals surface area contributed by atoms with Crippen molar-refractivity contribution in [1.29, 1.82) is 0 Å². The zero-order valence-electron chi connectivity index (χ0n) is 12.2. The maximum absolute atomic E-state index is 4.20. The van der Waals surface area contributed by atoms with E-state index in [4.69, 9.17) is 0 Å². The van der Waals surface area contributed by atoms with Gasteiger partial charge >= 0.3 is 0 Å². The van der Waals surface area contributed by atoms with E-state index >= 15 is 0 Å². The van der Waals surface area contributed by atoms with Crippen LogP contribution in [-0.2, 0) is 27.5 Å². The van der Waals surface area contributed by atoms with Gasteiger partial charge in [0.1, 0.15) is 0 Å². The van der Waals surface area contributed by atoms with E-state index in [0.717, 1.165) is 5.92 Å². The minimum atomic E-state index is 0. The Kier molecular flexibility index (Phi) is 12.5. The van der Waals surface area contributed by atoms with Crippen LogP contribution in [0.4, 0.5) is 0 Å². The number of hydrogen-bond donors (Lipinski definition) is 0. The van der Waals surface area contributed by atoms with E-state index in [1.807, 2.05) is 40.2 Å². The Labute approximate surface area is 121 Å². The van der Waals surface area contributed by atoms with E-state index < -0.39 is 0 Å². The molecule has 17 heavy (non-hydrogen) atoms. The largest absolute Gasteiger partial charge is 0.331 e. The van der Waals surface area contributed by atoms with Gasteiger partial charge in [0.05, 0.1) is 6.33 Å². The molecule has 0 fully saturated rings. The van der Waals surface area contributed by atoms with Crippen LogP contribution in [0, 0.1) is 5.92 Å². The average molecular weight is 408 g/mol. The summed E-state index contributed by atoms with van der Waals surface area (Å²) in [6.45, 7) is 12.6. The molecule has 3 heteroatoms.